The summed E-state index contributed by atoms with van der Waals surface area (Å²) in [6, 6.07) is 7.30. The van der Waals surface area contributed by atoms with Gasteiger partial charge in [0.05, 0.1) is 16.0 Å². The first-order valence-electron chi connectivity index (χ1n) is 10.1. The monoisotopic (exact) mass is 588 g/mol. The van der Waals surface area contributed by atoms with E-state index in [2.05, 4.69) is 9.97 Å². The van der Waals surface area contributed by atoms with E-state index in [0.29, 0.717) is 11.8 Å². The molecule has 0 spiro atoms. The van der Waals surface area contributed by atoms with Crippen LogP contribution >= 0.6 is 0 Å². The zero-order chi connectivity index (χ0) is 29.2. The molecule has 39 heavy (non-hydrogen) atoms. The van der Waals surface area contributed by atoms with Crippen LogP contribution < -0.4 is 10.3 Å². The van der Waals surface area contributed by atoms with Crippen molar-refractivity contribution in [3.05, 3.63) is 82.7 Å². The largest absolute Gasteiger partial charge is 0.457 e. The van der Waals surface area contributed by atoms with Crippen LogP contribution in [0.25, 0.3) is 0 Å². The lowest BCUT2D eigenvalue weighted by atomic mass is 10.1. The summed E-state index contributed by atoms with van der Waals surface area (Å²) in [5, 5.41) is 0. The average Bonchev–Trinajstić information content (AvgIpc) is 2.84. The van der Waals surface area contributed by atoms with Gasteiger partial charge >= 0.3 is 24.5 Å². The van der Waals surface area contributed by atoms with Gasteiger partial charge < -0.3 is 4.74 Å². The van der Waals surface area contributed by atoms with Crippen molar-refractivity contribution in [1.82, 2.24) is 14.8 Å². The van der Waals surface area contributed by atoms with Crippen LogP contribution in [0.2, 0.25) is 0 Å². The van der Waals surface area contributed by atoms with Crippen molar-refractivity contribution in [1.29, 1.82) is 0 Å². The maximum Gasteiger partial charge on any atom is 0.434 e. The molecule has 18 heteroatoms. The minimum absolute atomic E-state index is 0.118. The summed E-state index contributed by atoms with van der Waals surface area (Å²) in [4.78, 5) is 18.3. The van der Waals surface area contributed by atoms with E-state index in [-0.39, 0.29) is 18.2 Å². The highest BCUT2D eigenvalue weighted by Crippen LogP contribution is 2.37. The Morgan fingerprint density at radius 2 is 1.41 bits per heavy atom. The van der Waals surface area contributed by atoms with Crippen LogP contribution in [0, 0.1) is 0 Å². The van der Waals surface area contributed by atoms with Crippen molar-refractivity contribution in [2.24, 2.45) is 0 Å². The van der Waals surface area contributed by atoms with Crippen LogP contribution in [-0.2, 0) is 39.9 Å². The summed E-state index contributed by atoms with van der Waals surface area (Å²) in [6.07, 6.45) is -15.7. The number of carbonyl (C=O) groups excluding carboxylic acids is 1. The van der Waals surface area contributed by atoms with Gasteiger partial charge in [0.15, 0.2) is 5.69 Å². The number of alkyl halides is 9. The number of aromatic nitrogens is 2. The number of rotatable bonds is 7. The molecular weight excluding hydrogens is 575 g/mol. The van der Waals surface area contributed by atoms with Crippen molar-refractivity contribution in [3.8, 4) is 0 Å². The number of hydrogen-bond donors (Lipinski definition) is 2. The second kappa shape index (κ2) is 10.7. The highest BCUT2D eigenvalue weighted by molar-refractivity contribution is 7.89. The number of anilines is 1. The van der Waals surface area contributed by atoms with Gasteiger partial charge in [0.25, 0.3) is 10.0 Å². The molecule has 3 aromatic rings. The van der Waals surface area contributed by atoms with E-state index in [1.54, 1.807) is 23.6 Å². The number of hydrogen-bond acceptors (Lipinski definition) is 7. The molecular formula is C21H13F9N4O4S. The Labute approximate surface area is 212 Å². The lowest BCUT2D eigenvalue weighted by Gasteiger charge is -2.16. The standard InChI is InChI=1S/C21H13F9N4O4S/c22-19(23,24)12-6-13(20(25,26)27)8-14(7-12)39(36,37)34-33-18-31-9-15(16(32-18)21(28,29)30)17(35)38-10-11-4-2-1-3-5-11/h1-9,34H,10H2,(H,31,32,33). The summed E-state index contributed by atoms with van der Waals surface area (Å²) in [6.45, 7) is -0.409. The third-order valence-corrected chi connectivity index (χ3v) is 5.89. The predicted molar refractivity (Wildman–Crippen MR) is 113 cm³/mol. The van der Waals surface area contributed by atoms with Gasteiger partial charge in [-0.1, -0.05) is 30.3 Å². The minimum atomic E-state index is -5.37. The lowest BCUT2D eigenvalue weighted by molar-refractivity contribution is -0.143. The Morgan fingerprint density at radius 1 is 0.846 bits per heavy atom. The molecule has 210 valence electrons. The quantitative estimate of drug-likeness (QED) is 0.222. The number of halogens is 9. The first-order chi connectivity index (χ1) is 17.9. The zero-order valence-electron chi connectivity index (χ0n) is 18.7. The van der Waals surface area contributed by atoms with E-state index in [4.69, 9.17) is 4.74 Å². The number of sulfonamides is 1. The maximum absolute atomic E-state index is 13.5. The van der Waals surface area contributed by atoms with E-state index in [1.165, 1.54) is 17.0 Å². The van der Waals surface area contributed by atoms with E-state index >= 15 is 0 Å². The van der Waals surface area contributed by atoms with Crippen LogP contribution in [0.5, 0.6) is 0 Å². The van der Waals surface area contributed by atoms with Crippen molar-refractivity contribution >= 4 is 21.9 Å². The van der Waals surface area contributed by atoms with E-state index in [1.807, 2.05) is 0 Å². The van der Waals surface area contributed by atoms with Gasteiger partial charge in [-0.25, -0.2) is 23.2 Å². The molecule has 0 aliphatic heterocycles. The fourth-order valence-electron chi connectivity index (χ4n) is 2.86. The first-order valence-corrected chi connectivity index (χ1v) is 11.6. The van der Waals surface area contributed by atoms with Gasteiger partial charge in [-0.2, -0.15) is 39.5 Å². The Hall–Kier alpha value is -3.93. The summed E-state index contributed by atoms with van der Waals surface area (Å²) in [7, 11) is -5.25. The molecule has 0 amide bonds. The lowest BCUT2D eigenvalue weighted by Crippen LogP contribution is -2.31. The molecule has 1 aromatic heterocycles. The number of nitrogens with zero attached hydrogens (tertiary/aromatic N) is 2. The Balaban J connectivity index is 1.87. The number of esters is 1. The van der Waals surface area contributed by atoms with E-state index in [9.17, 15) is 52.7 Å². The maximum atomic E-state index is 13.5. The zero-order valence-corrected chi connectivity index (χ0v) is 19.6. The summed E-state index contributed by atoms with van der Waals surface area (Å²) < 4.78 is 148. The van der Waals surface area contributed by atoms with Crippen LogP contribution in [0.4, 0.5) is 45.5 Å². The fourth-order valence-corrected chi connectivity index (χ4v) is 3.77. The molecule has 0 aliphatic rings. The van der Waals surface area contributed by atoms with Crippen molar-refractivity contribution in [2.45, 2.75) is 30.0 Å². The summed E-state index contributed by atoms with van der Waals surface area (Å²) in [5.74, 6) is -2.63. The fraction of sp³-hybridized carbons (Fsp3) is 0.190. The van der Waals surface area contributed by atoms with Crippen LogP contribution in [-0.4, -0.2) is 24.4 Å². The molecule has 2 N–H and O–H groups in total. The average molecular weight is 588 g/mol. The molecule has 0 aliphatic carbocycles. The van der Waals surface area contributed by atoms with Gasteiger partial charge in [-0.15, -0.1) is 4.83 Å². The van der Waals surface area contributed by atoms with E-state index in [0.717, 1.165) is 0 Å². The highest BCUT2D eigenvalue weighted by atomic mass is 32.2. The minimum Gasteiger partial charge on any atom is -0.457 e. The number of hydrazine groups is 1. The van der Waals surface area contributed by atoms with Gasteiger partial charge in [-0.05, 0) is 23.8 Å². The number of carbonyl (C=O) groups is 1. The van der Waals surface area contributed by atoms with Crippen molar-refractivity contribution < 1.29 is 57.5 Å². The number of ether oxygens (including phenoxy) is 1. The molecule has 1 heterocycles. The van der Waals surface area contributed by atoms with Crippen molar-refractivity contribution in [3.63, 3.8) is 0 Å². The van der Waals surface area contributed by atoms with Crippen LogP contribution in [0.3, 0.4) is 0 Å². The van der Waals surface area contributed by atoms with Gasteiger partial charge in [0, 0.05) is 6.20 Å². The Morgan fingerprint density at radius 3 is 1.92 bits per heavy atom. The van der Waals surface area contributed by atoms with Crippen LogP contribution in [0.15, 0.2) is 59.6 Å². The molecule has 0 unspecified atom stereocenters. The topological polar surface area (TPSA) is 110 Å². The molecule has 2 aromatic carbocycles. The van der Waals surface area contributed by atoms with Gasteiger partial charge in [0.1, 0.15) is 12.2 Å². The second-order valence-electron chi connectivity index (χ2n) is 7.49. The predicted octanol–water partition coefficient (Wildman–Crippen LogP) is 5.20. The third kappa shape index (κ3) is 7.56. The Kier molecular flexibility index (Phi) is 8.11. The van der Waals surface area contributed by atoms with Gasteiger partial charge in [-0.3, -0.25) is 5.43 Å². The normalized spacial score (nSPS) is 12.7. The van der Waals surface area contributed by atoms with Gasteiger partial charge in [0.2, 0.25) is 5.95 Å². The van der Waals surface area contributed by atoms with E-state index < -0.39 is 74.4 Å². The Bertz CT molecular complexity index is 1430. The first kappa shape index (κ1) is 29.6. The molecule has 0 fully saturated rings. The molecule has 0 bridgehead atoms. The highest BCUT2D eigenvalue weighted by Gasteiger charge is 2.40. The number of nitrogens with one attached hydrogen (secondary N) is 2. The van der Waals surface area contributed by atoms with Crippen molar-refractivity contribution in [2.75, 3.05) is 5.43 Å². The molecule has 0 saturated carbocycles. The third-order valence-electron chi connectivity index (χ3n) is 4.66. The van der Waals surface area contributed by atoms with Crippen LogP contribution in [0.1, 0.15) is 32.7 Å². The molecule has 8 nitrogen and oxygen atoms in total. The second-order valence-corrected chi connectivity index (χ2v) is 9.17. The molecule has 0 saturated heterocycles. The molecule has 0 radical (unpaired) electrons. The molecule has 3 rings (SSSR count). The molecule has 0 atom stereocenters. The SMILES string of the molecule is O=C(OCc1ccccc1)c1cnc(NNS(=O)(=O)c2cc(C(F)(F)F)cc(C(F)(F)F)c2)nc1C(F)(F)F. The smallest absolute Gasteiger partial charge is 0.434 e. The number of benzene rings is 2. The summed E-state index contributed by atoms with van der Waals surface area (Å²) >= 11 is 0. The summed E-state index contributed by atoms with van der Waals surface area (Å²) in [5.41, 5.74) is -4.92.